The lowest BCUT2D eigenvalue weighted by molar-refractivity contribution is 0.0628. The molecule has 0 radical (unpaired) electrons. The summed E-state index contributed by atoms with van der Waals surface area (Å²) in [5, 5.41) is 1.11. The number of nitrogens with zero attached hydrogens (tertiary/aromatic N) is 2. The zero-order chi connectivity index (χ0) is 19.6. The lowest BCUT2D eigenvalue weighted by atomic mass is 10.1. The molecule has 0 saturated carbocycles. The highest BCUT2D eigenvalue weighted by molar-refractivity contribution is 7.90. The summed E-state index contributed by atoms with van der Waals surface area (Å²) in [5.41, 5.74) is 1.47. The van der Waals surface area contributed by atoms with Gasteiger partial charge < -0.3 is 4.90 Å². The van der Waals surface area contributed by atoms with Gasteiger partial charge >= 0.3 is 0 Å². The van der Waals surface area contributed by atoms with E-state index in [1.54, 1.807) is 23.1 Å². The highest BCUT2D eigenvalue weighted by Crippen LogP contribution is 2.26. The summed E-state index contributed by atoms with van der Waals surface area (Å²) in [5.74, 6) is -0.0875. The van der Waals surface area contributed by atoms with Gasteiger partial charge in [0.25, 0.3) is 5.91 Å². The van der Waals surface area contributed by atoms with Crippen molar-refractivity contribution >= 4 is 38.9 Å². The molecule has 2 aromatic carbocycles. The average molecular weight is 427 g/mol. The lowest BCUT2D eigenvalue weighted by Crippen LogP contribution is -2.48. The number of carbonyl (C=O) groups excluding carboxylic acids is 1. The van der Waals surface area contributed by atoms with Gasteiger partial charge in [-0.25, -0.2) is 8.42 Å². The fourth-order valence-corrected chi connectivity index (χ4v) is 4.06. The van der Waals surface area contributed by atoms with Crippen LogP contribution in [0, 0.1) is 0 Å². The summed E-state index contributed by atoms with van der Waals surface area (Å²) < 4.78 is 23.1. The monoisotopic (exact) mass is 426 g/mol. The Balaban J connectivity index is 1.60. The van der Waals surface area contributed by atoms with Gasteiger partial charge in [0, 0.05) is 44.5 Å². The fraction of sp³-hybridized carbons (Fsp3) is 0.316. The number of halogens is 2. The minimum Gasteiger partial charge on any atom is -0.336 e. The Morgan fingerprint density at radius 3 is 2.22 bits per heavy atom. The molecule has 5 nitrogen and oxygen atoms in total. The van der Waals surface area contributed by atoms with Crippen molar-refractivity contribution in [3.8, 4) is 0 Å². The number of hydrogen-bond donors (Lipinski definition) is 0. The van der Waals surface area contributed by atoms with E-state index < -0.39 is 9.84 Å². The van der Waals surface area contributed by atoms with Crippen LogP contribution < -0.4 is 0 Å². The van der Waals surface area contributed by atoms with Gasteiger partial charge in [-0.05, 0) is 35.9 Å². The number of benzene rings is 2. The van der Waals surface area contributed by atoms with Crippen LogP contribution in [-0.2, 0) is 16.4 Å². The van der Waals surface area contributed by atoms with Crippen molar-refractivity contribution in [2.24, 2.45) is 0 Å². The standard InChI is InChI=1S/C19H20Cl2N2O3S/c1-27(25,26)16-7-5-14(6-8-16)19(24)23-11-9-22(10-12-23)13-15-3-2-4-17(20)18(15)21/h2-8H,9-13H2,1H3. The van der Waals surface area contributed by atoms with E-state index in [4.69, 9.17) is 23.2 Å². The van der Waals surface area contributed by atoms with Crippen molar-refractivity contribution in [3.63, 3.8) is 0 Å². The summed E-state index contributed by atoms with van der Waals surface area (Å²) in [4.78, 5) is 16.9. The first-order valence-electron chi connectivity index (χ1n) is 8.50. The van der Waals surface area contributed by atoms with E-state index in [1.165, 1.54) is 12.1 Å². The maximum Gasteiger partial charge on any atom is 0.253 e. The minimum atomic E-state index is -3.27. The third-order valence-electron chi connectivity index (χ3n) is 4.61. The third kappa shape index (κ3) is 4.82. The van der Waals surface area contributed by atoms with Gasteiger partial charge in [0.2, 0.25) is 0 Å². The molecule has 1 amide bonds. The van der Waals surface area contributed by atoms with Crippen LogP contribution in [-0.4, -0.2) is 56.6 Å². The first-order valence-corrected chi connectivity index (χ1v) is 11.1. The molecule has 0 atom stereocenters. The smallest absolute Gasteiger partial charge is 0.253 e. The van der Waals surface area contributed by atoms with Crippen LogP contribution in [0.5, 0.6) is 0 Å². The summed E-state index contributed by atoms with van der Waals surface area (Å²) >= 11 is 12.3. The summed E-state index contributed by atoms with van der Waals surface area (Å²) in [6, 6.07) is 11.7. The Kier molecular flexibility index (Phi) is 6.11. The van der Waals surface area contributed by atoms with Gasteiger partial charge in [-0.2, -0.15) is 0 Å². The predicted octanol–water partition coefficient (Wildman–Crippen LogP) is 3.35. The normalized spacial score (nSPS) is 15.7. The van der Waals surface area contributed by atoms with Crippen LogP contribution >= 0.6 is 23.2 Å². The van der Waals surface area contributed by atoms with E-state index in [0.717, 1.165) is 24.9 Å². The SMILES string of the molecule is CS(=O)(=O)c1ccc(C(=O)N2CCN(Cc3cccc(Cl)c3Cl)CC2)cc1. The molecule has 2 aromatic rings. The van der Waals surface area contributed by atoms with Crippen LogP contribution in [0.15, 0.2) is 47.4 Å². The van der Waals surface area contributed by atoms with Gasteiger partial charge in [0.15, 0.2) is 9.84 Å². The molecule has 0 bridgehead atoms. The zero-order valence-corrected chi connectivity index (χ0v) is 17.2. The van der Waals surface area contributed by atoms with E-state index in [-0.39, 0.29) is 10.8 Å². The first-order chi connectivity index (χ1) is 12.8. The van der Waals surface area contributed by atoms with Gasteiger partial charge in [-0.3, -0.25) is 9.69 Å². The molecule has 0 aliphatic carbocycles. The fourth-order valence-electron chi connectivity index (χ4n) is 3.05. The summed E-state index contributed by atoms with van der Waals surface area (Å²) in [7, 11) is -3.27. The second kappa shape index (κ2) is 8.19. The number of piperazine rings is 1. The minimum absolute atomic E-state index is 0.0875. The maximum absolute atomic E-state index is 12.6. The van der Waals surface area contributed by atoms with E-state index in [9.17, 15) is 13.2 Å². The Hall–Kier alpha value is -1.60. The Morgan fingerprint density at radius 1 is 1.00 bits per heavy atom. The second-order valence-corrected chi connectivity index (χ2v) is 9.38. The summed E-state index contributed by atoms with van der Waals surface area (Å²) in [6.45, 7) is 3.35. The predicted molar refractivity (Wildman–Crippen MR) is 107 cm³/mol. The van der Waals surface area contributed by atoms with Gasteiger partial charge in [-0.15, -0.1) is 0 Å². The van der Waals surface area contributed by atoms with Crippen molar-refractivity contribution in [2.75, 3.05) is 32.4 Å². The van der Waals surface area contributed by atoms with Crippen LogP contribution in [0.1, 0.15) is 15.9 Å². The molecule has 0 aromatic heterocycles. The zero-order valence-electron chi connectivity index (χ0n) is 14.9. The largest absolute Gasteiger partial charge is 0.336 e. The Morgan fingerprint density at radius 2 is 1.63 bits per heavy atom. The van der Waals surface area contributed by atoms with Crippen LogP contribution in [0.25, 0.3) is 0 Å². The molecular formula is C19H20Cl2N2O3S. The first kappa shape index (κ1) is 20.1. The number of amides is 1. The molecular weight excluding hydrogens is 407 g/mol. The molecule has 1 saturated heterocycles. The molecule has 144 valence electrons. The molecule has 0 spiro atoms. The van der Waals surface area contributed by atoms with E-state index in [1.807, 2.05) is 12.1 Å². The van der Waals surface area contributed by atoms with Gasteiger partial charge in [-0.1, -0.05) is 35.3 Å². The molecule has 1 fully saturated rings. The number of sulfone groups is 1. The van der Waals surface area contributed by atoms with Crippen molar-refractivity contribution in [3.05, 3.63) is 63.6 Å². The van der Waals surface area contributed by atoms with Gasteiger partial charge in [0.1, 0.15) is 0 Å². The summed E-state index contributed by atoms with van der Waals surface area (Å²) in [6.07, 6.45) is 1.15. The molecule has 3 rings (SSSR count). The van der Waals surface area contributed by atoms with Crippen molar-refractivity contribution in [2.45, 2.75) is 11.4 Å². The van der Waals surface area contributed by atoms with Crippen LogP contribution in [0.4, 0.5) is 0 Å². The Labute approximate surface area is 169 Å². The van der Waals surface area contributed by atoms with Crippen molar-refractivity contribution in [1.82, 2.24) is 9.80 Å². The Bertz CT molecular complexity index is 938. The highest BCUT2D eigenvalue weighted by Gasteiger charge is 2.23. The third-order valence-corrected chi connectivity index (χ3v) is 6.60. The molecule has 8 heteroatoms. The van der Waals surface area contributed by atoms with Crippen LogP contribution in [0.2, 0.25) is 10.0 Å². The molecule has 27 heavy (non-hydrogen) atoms. The van der Waals surface area contributed by atoms with E-state index in [2.05, 4.69) is 4.90 Å². The average Bonchev–Trinajstić information content (AvgIpc) is 2.65. The molecule has 1 aliphatic heterocycles. The van der Waals surface area contributed by atoms with Gasteiger partial charge in [0.05, 0.1) is 14.9 Å². The maximum atomic E-state index is 12.6. The quantitative estimate of drug-likeness (QED) is 0.751. The van der Waals surface area contributed by atoms with Crippen molar-refractivity contribution in [1.29, 1.82) is 0 Å². The van der Waals surface area contributed by atoms with E-state index >= 15 is 0 Å². The molecule has 0 N–H and O–H groups in total. The molecule has 1 aliphatic rings. The molecule has 0 unspecified atom stereocenters. The number of carbonyl (C=O) groups is 1. The number of hydrogen-bond acceptors (Lipinski definition) is 4. The topological polar surface area (TPSA) is 57.7 Å². The lowest BCUT2D eigenvalue weighted by Gasteiger charge is -2.35. The number of rotatable bonds is 4. The molecule has 1 heterocycles. The van der Waals surface area contributed by atoms with Crippen LogP contribution in [0.3, 0.4) is 0 Å². The van der Waals surface area contributed by atoms with E-state index in [0.29, 0.717) is 35.2 Å². The second-order valence-electron chi connectivity index (χ2n) is 6.58. The van der Waals surface area contributed by atoms with Crippen molar-refractivity contribution < 1.29 is 13.2 Å². The highest BCUT2D eigenvalue weighted by atomic mass is 35.5.